The van der Waals surface area contributed by atoms with Crippen molar-refractivity contribution in [2.24, 2.45) is 0 Å². The Kier molecular flexibility index (Phi) is 5.42. The Morgan fingerprint density at radius 3 is 2.60 bits per heavy atom. The van der Waals surface area contributed by atoms with Crippen molar-refractivity contribution in [1.82, 2.24) is 10.3 Å². The minimum atomic E-state index is -4.09. The SMILES string of the molecule is O=[N+]([O-])c1ccc(NCCS(=O)(=O)O)c2nonc12.[Na]. The summed E-state index contributed by atoms with van der Waals surface area (Å²) in [6, 6.07) is 2.55. The van der Waals surface area contributed by atoms with Gasteiger partial charge < -0.3 is 5.32 Å². The van der Waals surface area contributed by atoms with Crippen molar-refractivity contribution < 1.29 is 22.5 Å². The molecule has 2 aromatic rings. The first-order chi connectivity index (χ1) is 8.88. The van der Waals surface area contributed by atoms with Gasteiger partial charge in [-0.25, -0.2) is 4.63 Å². The van der Waals surface area contributed by atoms with Crippen LogP contribution in [0.1, 0.15) is 0 Å². The van der Waals surface area contributed by atoms with Crippen LogP contribution in [-0.4, -0.2) is 70.1 Å². The van der Waals surface area contributed by atoms with Crippen LogP contribution in [0.4, 0.5) is 11.4 Å². The van der Waals surface area contributed by atoms with Gasteiger partial charge in [0.15, 0.2) is 5.52 Å². The zero-order valence-electron chi connectivity index (χ0n) is 10.3. The summed E-state index contributed by atoms with van der Waals surface area (Å²) in [5, 5.41) is 20.3. The summed E-state index contributed by atoms with van der Waals surface area (Å²) >= 11 is 0. The van der Waals surface area contributed by atoms with E-state index in [4.69, 9.17) is 4.55 Å². The zero-order chi connectivity index (χ0) is 14.0. The zero-order valence-corrected chi connectivity index (χ0v) is 13.1. The van der Waals surface area contributed by atoms with Crippen molar-refractivity contribution in [2.45, 2.75) is 0 Å². The molecule has 20 heavy (non-hydrogen) atoms. The number of rotatable bonds is 5. The number of nitro benzene ring substituents is 1. The van der Waals surface area contributed by atoms with Gasteiger partial charge in [-0.05, 0) is 16.4 Å². The summed E-state index contributed by atoms with van der Waals surface area (Å²) in [5.41, 5.74) is 0.133. The molecule has 0 aliphatic rings. The van der Waals surface area contributed by atoms with E-state index in [1.54, 1.807) is 0 Å². The molecule has 12 heteroatoms. The normalized spacial score (nSPS) is 11.1. The second-order valence-corrected chi connectivity index (χ2v) is 5.14. The summed E-state index contributed by atoms with van der Waals surface area (Å²) in [5.74, 6) is -0.503. The van der Waals surface area contributed by atoms with E-state index >= 15 is 0 Å². The van der Waals surface area contributed by atoms with Crippen molar-refractivity contribution in [3.8, 4) is 0 Å². The van der Waals surface area contributed by atoms with Gasteiger partial charge in [0, 0.05) is 42.2 Å². The average molecular weight is 311 g/mol. The van der Waals surface area contributed by atoms with E-state index in [0.717, 1.165) is 0 Å². The molecule has 0 spiro atoms. The van der Waals surface area contributed by atoms with Crippen LogP contribution in [0.5, 0.6) is 0 Å². The van der Waals surface area contributed by atoms with E-state index in [2.05, 4.69) is 20.3 Å². The molecule has 1 radical (unpaired) electrons. The van der Waals surface area contributed by atoms with Gasteiger partial charge in [-0.2, -0.15) is 8.42 Å². The third-order valence-corrected chi connectivity index (χ3v) is 2.99. The number of benzene rings is 1. The predicted molar refractivity (Wildman–Crippen MR) is 69.1 cm³/mol. The maximum Gasteiger partial charge on any atom is 0.300 e. The number of nitrogens with zero attached hydrogens (tertiary/aromatic N) is 3. The van der Waals surface area contributed by atoms with Gasteiger partial charge in [-0.1, -0.05) is 0 Å². The van der Waals surface area contributed by atoms with Crippen LogP contribution in [0.25, 0.3) is 11.0 Å². The molecule has 1 heterocycles. The summed E-state index contributed by atoms with van der Waals surface area (Å²) in [4.78, 5) is 10.1. The molecule has 2 N–H and O–H groups in total. The van der Waals surface area contributed by atoms with Gasteiger partial charge in [-0.3, -0.25) is 14.7 Å². The first kappa shape index (κ1) is 16.8. The number of hydrogen-bond acceptors (Lipinski definition) is 8. The van der Waals surface area contributed by atoms with E-state index in [1.165, 1.54) is 12.1 Å². The minimum Gasteiger partial charge on any atom is -0.382 e. The molecule has 0 bridgehead atoms. The van der Waals surface area contributed by atoms with Crippen molar-refractivity contribution in [3.05, 3.63) is 22.2 Å². The second-order valence-electron chi connectivity index (χ2n) is 3.56. The Balaban J connectivity index is 0.00000200. The molecular formula is C8H8N4NaO6S. The number of aromatic nitrogens is 2. The van der Waals surface area contributed by atoms with Crippen LogP contribution in [0.3, 0.4) is 0 Å². The quantitative estimate of drug-likeness (QED) is 0.338. The maximum absolute atomic E-state index is 10.7. The fourth-order valence-corrected chi connectivity index (χ4v) is 1.82. The largest absolute Gasteiger partial charge is 0.382 e. The fourth-order valence-electron chi connectivity index (χ4n) is 1.46. The molecule has 1 aromatic carbocycles. The number of nitrogens with one attached hydrogen (secondary N) is 1. The third-order valence-electron chi connectivity index (χ3n) is 2.27. The van der Waals surface area contributed by atoms with Gasteiger partial charge >= 0.3 is 5.69 Å². The van der Waals surface area contributed by atoms with E-state index in [0.29, 0.717) is 5.69 Å². The Bertz CT molecular complexity index is 730. The standard InChI is InChI=1S/C8H8N4O6S.Na/c13-12(14)6-2-1-5(7-8(6)11-18-10-7)9-3-4-19(15,16)17;/h1-2,9H,3-4H2,(H,15,16,17);. The van der Waals surface area contributed by atoms with Crippen molar-refractivity contribution >= 4 is 62.1 Å². The first-order valence-electron chi connectivity index (χ1n) is 4.97. The van der Waals surface area contributed by atoms with Crippen LogP contribution in [0.2, 0.25) is 0 Å². The molecule has 0 fully saturated rings. The number of anilines is 1. The molecule has 0 aliphatic heterocycles. The van der Waals surface area contributed by atoms with Crippen LogP contribution < -0.4 is 5.32 Å². The molecule has 103 valence electrons. The third kappa shape index (κ3) is 3.86. The number of non-ortho nitro benzene ring substituents is 1. The topological polar surface area (TPSA) is 148 Å². The van der Waals surface area contributed by atoms with E-state index in [-0.39, 0.29) is 52.8 Å². The number of fused-ring (bicyclic) bond motifs is 1. The van der Waals surface area contributed by atoms with Crippen LogP contribution >= 0.6 is 0 Å². The molecule has 0 saturated heterocycles. The molecule has 0 aliphatic carbocycles. The van der Waals surface area contributed by atoms with E-state index < -0.39 is 20.8 Å². The van der Waals surface area contributed by atoms with Crippen molar-refractivity contribution in [3.63, 3.8) is 0 Å². The Morgan fingerprint density at radius 2 is 2.00 bits per heavy atom. The van der Waals surface area contributed by atoms with Gasteiger partial charge in [0.05, 0.1) is 16.4 Å². The van der Waals surface area contributed by atoms with E-state index in [1.807, 2.05) is 0 Å². The van der Waals surface area contributed by atoms with Gasteiger partial charge in [-0.15, -0.1) is 0 Å². The number of nitro groups is 1. The van der Waals surface area contributed by atoms with Crippen molar-refractivity contribution in [2.75, 3.05) is 17.6 Å². The van der Waals surface area contributed by atoms with Crippen molar-refractivity contribution in [1.29, 1.82) is 0 Å². The molecule has 0 atom stereocenters. The molecule has 0 unspecified atom stereocenters. The van der Waals surface area contributed by atoms with E-state index in [9.17, 15) is 18.5 Å². The molecule has 10 nitrogen and oxygen atoms in total. The summed E-state index contributed by atoms with van der Waals surface area (Å²) in [6.45, 7) is -0.0847. The Labute approximate surface area is 134 Å². The smallest absolute Gasteiger partial charge is 0.300 e. The summed E-state index contributed by atoms with van der Waals surface area (Å²) in [7, 11) is -4.09. The monoisotopic (exact) mass is 311 g/mol. The number of hydrogen-bond donors (Lipinski definition) is 2. The fraction of sp³-hybridized carbons (Fsp3) is 0.250. The summed E-state index contributed by atoms with van der Waals surface area (Å²) < 4.78 is 34.1. The summed E-state index contributed by atoms with van der Waals surface area (Å²) in [6.07, 6.45) is 0. The Hall–Kier alpha value is -1.27. The van der Waals surface area contributed by atoms with Crippen LogP contribution in [0.15, 0.2) is 16.8 Å². The minimum absolute atomic E-state index is 0. The maximum atomic E-state index is 10.7. The predicted octanol–water partition coefficient (Wildman–Crippen LogP) is 0.0499. The average Bonchev–Trinajstić information content (AvgIpc) is 2.76. The van der Waals surface area contributed by atoms with Crippen LogP contribution in [-0.2, 0) is 10.1 Å². The van der Waals surface area contributed by atoms with Gasteiger partial charge in [0.1, 0.15) is 0 Å². The molecule has 2 rings (SSSR count). The molecular weight excluding hydrogens is 303 g/mol. The van der Waals surface area contributed by atoms with Crippen LogP contribution in [0, 0.1) is 10.1 Å². The Morgan fingerprint density at radius 1 is 1.35 bits per heavy atom. The molecule has 0 amide bonds. The molecule has 1 aromatic heterocycles. The molecule has 0 saturated carbocycles. The second kappa shape index (κ2) is 6.45. The first-order valence-corrected chi connectivity index (χ1v) is 6.58. The van der Waals surface area contributed by atoms with Gasteiger partial charge in [0.25, 0.3) is 10.1 Å². The van der Waals surface area contributed by atoms with Gasteiger partial charge in [0.2, 0.25) is 5.52 Å².